The third kappa shape index (κ3) is 1.49. The molecule has 0 bridgehead atoms. The van der Waals surface area contributed by atoms with Gasteiger partial charge in [-0.2, -0.15) is 4.37 Å². The molecule has 0 spiro atoms. The maximum atomic E-state index is 5.64. The highest BCUT2D eigenvalue weighted by Crippen LogP contribution is 2.29. The van der Waals surface area contributed by atoms with Crippen LogP contribution in [0.15, 0.2) is 0 Å². The number of aromatic nitrogens is 1. The Hall–Kier alpha value is 0.500. The summed E-state index contributed by atoms with van der Waals surface area (Å²) < 4.78 is 3.78. The number of rotatable bonds is 1. The first kappa shape index (κ1) is 7.61. The highest BCUT2D eigenvalue weighted by molar-refractivity contribution is 7.07. The van der Waals surface area contributed by atoms with Gasteiger partial charge < -0.3 is 0 Å². The minimum Gasteiger partial charge on any atom is -0.179 e. The minimum atomic E-state index is 0.345. The summed E-state index contributed by atoms with van der Waals surface area (Å²) in [5, 5.41) is 0.828. The minimum absolute atomic E-state index is 0.345. The maximum Gasteiger partial charge on any atom is 0.161 e. The largest absolute Gasteiger partial charge is 0.179 e. The van der Waals surface area contributed by atoms with Crippen LogP contribution < -0.4 is 0 Å². The first-order valence-corrected chi connectivity index (χ1v) is 4.17. The van der Waals surface area contributed by atoms with E-state index in [1.54, 1.807) is 0 Å². The highest BCUT2D eigenvalue weighted by atomic mass is 35.5. The van der Waals surface area contributed by atoms with E-state index in [1.165, 1.54) is 11.5 Å². The summed E-state index contributed by atoms with van der Waals surface area (Å²) in [4.78, 5) is 0.823. The van der Waals surface area contributed by atoms with Crippen molar-refractivity contribution in [2.24, 2.45) is 0 Å². The third-order valence-corrected chi connectivity index (χ3v) is 3.04. The summed E-state index contributed by atoms with van der Waals surface area (Å²) in [5.74, 6) is 0.378. The SMILES string of the molecule is ClCc1snc(Cl)c1Cl. The van der Waals surface area contributed by atoms with Crippen molar-refractivity contribution < 1.29 is 0 Å². The Balaban J connectivity index is 3.04. The molecule has 0 aliphatic rings. The summed E-state index contributed by atoms with van der Waals surface area (Å²) in [6.45, 7) is 0. The van der Waals surface area contributed by atoms with Crippen molar-refractivity contribution in [3.63, 3.8) is 0 Å². The summed E-state index contributed by atoms with van der Waals surface area (Å²) >= 11 is 17.9. The van der Waals surface area contributed by atoms with Crippen molar-refractivity contribution in [3.8, 4) is 0 Å². The van der Waals surface area contributed by atoms with Crippen molar-refractivity contribution in [2.45, 2.75) is 5.88 Å². The molecular formula is C4H2Cl3NS. The molecule has 0 saturated carbocycles. The Kier molecular flexibility index (Phi) is 2.59. The first-order chi connectivity index (χ1) is 4.25. The van der Waals surface area contributed by atoms with E-state index in [9.17, 15) is 0 Å². The average Bonchev–Trinajstić information content (AvgIpc) is 2.15. The molecular weight excluding hydrogens is 200 g/mol. The molecule has 0 aromatic carbocycles. The van der Waals surface area contributed by atoms with Crippen molar-refractivity contribution in [2.75, 3.05) is 0 Å². The molecule has 0 fully saturated rings. The topological polar surface area (TPSA) is 12.9 Å². The van der Waals surface area contributed by atoms with Crippen LogP contribution in [0.2, 0.25) is 10.2 Å². The zero-order chi connectivity index (χ0) is 6.85. The van der Waals surface area contributed by atoms with Crippen LogP contribution in [0.4, 0.5) is 0 Å². The lowest BCUT2D eigenvalue weighted by molar-refractivity contribution is 1.52. The lowest BCUT2D eigenvalue weighted by Gasteiger charge is -1.83. The molecule has 5 heteroatoms. The molecule has 9 heavy (non-hydrogen) atoms. The predicted octanol–water partition coefficient (Wildman–Crippen LogP) is 3.19. The molecule has 1 heterocycles. The molecule has 50 valence electrons. The Morgan fingerprint density at radius 1 is 1.44 bits per heavy atom. The fourth-order valence-electron chi connectivity index (χ4n) is 0.373. The summed E-state index contributed by atoms with van der Waals surface area (Å²) in [6.07, 6.45) is 0. The van der Waals surface area contributed by atoms with Crippen LogP contribution in [-0.4, -0.2) is 4.37 Å². The Morgan fingerprint density at radius 3 is 2.33 bits per heavy atom. The molecule has 0 saturated heterocycles. The molecule has 0 aliphatic heterocycles. The molecule has 0 aliphatic carbocycles. The van der Waals surface area contributed by atoms with Crippen LogP contribution in [0.5, 0.6) is 0 Å². The van der Waals surface area contributed by atoms with Crippen LogP contribution in [0.1, 0.15) is 4.88 Å². The van der Waals surface area contributed by atoms with Crippen molar-refractivity contribution in [3.05, 3.63) is 15.1 Å². The van der Waals surface area contributed by atoms with Crippen molar-refractivity contribution in [1.29, 1.82) is 0 Å². The summed E-state index contributed by atoms with van der Waals surface area (Å²) in [6, 6.07) is 0. The van der Waals surface area contributed by atoms with E-state index in [0.29, 0.717) is 16.1 Å². The molecule has 1 nitrogen and oxygen atoms in total. The smallest absolute Gasteiger partial charge is 0.161 e. The molecule has 0 atom stereocenters. The van der Waals surface area contributed by atoms with Gasteiger partial charge in [-0.25, -0.2) is 0 Å². The molecule has 1 rings (SSSR count). The van der Waals surface area contributed by atoms with Crippen LogP contribution in [0.3, 0.4) is 0 Å². The average molecular weight is 202 g/mol. The van der Waals surface area contributed by atoms with Gasteiger partial charge in [0, 0.05) is 0 Å². The van der Waals surface area contributed by atoms with Gasteiger partial charge in [0.25, 0.3) is 0 Å². The predicted molar refractivity (Wildman–Crippen MR) is 41.7 cm³/mol. The highest BCUT2D eigenvalue weighted by Gasteiger charge is 2.06. The quantitative estimate of drug-likeness (QED) is 0.638. The number of halogens is 3. The molecule has 0 unspecified atom stereocenters. The van der Waals surface area contributed by atoms with Gasteiger partial charge >= 0.3 is 0 Å². The van der Waals surface area contributed by atoms with E-state index in [0.717, 1.165) is 4.88 Å². The van der Waals surface area contributed by atoms with E-state index in [2.05, 4.69) is 4.37 Å². The van der Waals surface area contributed by atoms with E-state index in [4.69, 9.17) is 34.8 Å². The molecule has 0 radical (unpaired) electrons. The second-order valence-corrected chi connectivity index (χ2v) is 3.21. The van der Waals surface area contributed by atoms with Gasteiger partial charge in [-0.1, -0.05) is 23.2 Å². The monoisotopic (exact) mass is 201 g/mol. The van der Waals surface area contributed by atoms with E-state index >= 15 is 0 Å². The van der Waals surface area contributed by atoms with Gasteiger partial charge in [-0.15, -0.1) is 11.6 Å². The van der Waals surface area contributed by atoms with Gasteiger partial charge in [0.05, 0.1) is 15.8 Å². The fourth-order valence-corrected chi connectivity index (χ4v) is 1.77. The van der Waals surface area contributed by atoms with E-state index in [-0.39, 0.29) is 0 Å². The maximum absolute atomic E-state index is 5.64. The Labute approximate surface area is 71.7 Å². The van der Waals surface area contributed by atoms with Crippen LogP contribution in [0, 0.1) is 0 Å². The fraction of sp³-hybridized carbons (Fsp3) is 0.250. The van der Waals surface area contributed by atoms with Crippen LogP contribution in [0.25, 0.3) is 0 Å². The molecule has 0 amide bonds. The zero-order valence-electron chi connectivity index (χ0n) is 4.20. The number of nitrogens with zero attached hydrogens (tertiary/aromatic N) is 1. The van der Waals surface area contributed by atoms with Crippen LogP contribution in [-0.2, 0) is 5.88 Å². The van der Waals surface area contributed by atoms with Gasteiger partial charge in [-0.05, 0) is 11.5 Å². The lowest BCUT2D eigenvalue weighted by Crippen LogP contribution is -1.66. The van der Waals surface area contributed by atoms with Crippen LogP contribution >= 0.6 is 46.3 Å². The van der Waals surface area contributed by atoms with Gasteiger partial charge in [0.2, 0.25) is 0 Å². The molecule has 1 aromatic rings. The lowest BCUT2D eigenvalue weighted by atomic mass is 10.5. The second kappa shape index (κ2) is 3.06. The first-order valence-electron chi connectivity index (χ1n) is 2.11. The van der Waals surface area contributed by atoms with Gasteiger partial charge in [0.15, 0.2) is 5.15 Å². The van der Waals surface area contributed by atoms with Crippen molar-refractivity contribution in [1.82, 2.24) is 4.37 Å². The molecule has 1 aromatic heterocycles. The molecule has 0 N–H and O–H groups in total. The Bertz CT molecular complexity index is 210. The third-order valence-electron chi connectivity index (χ3n) is 0.783. The number of alkyl halides is 1. The van der Waals surface area contributed by atoms with Gasteiger partial charge in [0.1, 0.15) is 0 Å². The second-order valence-electron chi connectivity index (χ2n) is 1.34. The van der Waals surface area contributed by atoms with Gasteiger partial charge in [-0.3, -0.25) is 0 Å². The number of hydrogen-bond acceptors (Lipinski definition) is 2. The zero-order valence-corrected chi connectivity index (χ0v) is 7.28. The standard InChI is InChI=1S/C4H2Cl3NS/c5-1-2-3(6)4(7)8-9-2/h1H2. The van der Waals surface area contributed by atoms with E-state index in [1.807, 2.05) is 0 Å². The number of hydrogen-bond donors (Lipinski definition) is 0. The summed E-state index contributed by atoms with van der Waals surface area (Å²) in [5.41, 5.74) is 0. The normalized spacial score (nSPS) is 10.1. The summed E-state index contributed by atoms with van der Waals surface area (Å²) in [7, 11) is 0. The van der Waals surface area contributed by atoms with Crippen molar-refractivity contribution >= 4 is 46.3 Å². The van der Waals surface area contributed by atoms with E-state index < -0.39 is 0 Å². The Morgan fingerprint density at radius 2 is 2.11 bits per heavy atom.